The van der Waals surface area contributed by atoms with Crippen molar-refractivity contribution in [1.82, 2.24) is 10.2 Å². The van der Waals surface area contributed by atoms with E-state index >= 15 is 0 Å². The fourth-order valence-corrected chi connectivity index (χ4v) is 4.40. The van der Waals surface area contributed by atoms with Crippen molar-refractivity contribution in [2.45, 2.75) is 44.6 Å². The molecule has 1 amide bonds. The van der Waals surface area contributed by atoms with Crippen molar-refractivity contribution in [1.29, 1.82) is 5.26 Å². The molecule has 0 unspecified atom stereocenters. The Bertz CT molecular complexity index is 707. The number of halogens is 2. The number of anilines is 1. The summed E-state index contributed by atoms with van der Waals surface area (Å²) in [5, 5.41) is 11.7. The molecule has 1 aliphatic heterocycles. The van der Waals surface area contributed by atoms with Crippen LogP contribution in [0.25, 0.3) is 0 Å². The maximum Gasteiger partial charge on any atom is 0.234 e. The first-order chi connectivity index (χ1) is 13.5. The summed E-state index contributed by atoms with van der Waals surface area (Å²) in [6.07, 6.45) is 5.47. The molecular formula is C21H28ClFN4O. The molecule has 1 aromatic carbocycles. The molecule has 7 heteroatoms. The Morgan fingerprint density at radius 1 is 1.21 bits per heavy atom. The van der Waals surface area contributed by atoms with Gasteiger partial charge in [0.15, 0.2) is 0 Å². The Morgan fingerprint density at radius 3 is 2.57 bits per heavy atom. The number of hydrogen-bond acceptors (Lipinski definition) is 4. The highest BCUT2D eigenvalue weighted by atomic mass is 35.5. The van der Waals surface area contributed by atoms with Gasteiger partial charge in [-0.05, 0) is 62.8 Å². The second-order valence-electron chi connectivity index (χ2n) is 7.84. The van der Waals surface area contributed by atoms with Crippen LogP contribution in [0.4, 0.5) is 10.1 Å². The van der Waals surface area contributed by atoms with Gasteiger partial charge in [0.05, 0.1) is 11.1 Å². The summed E-state index contributed by atoms with van der Waals surface area (Å²) in [6.45, 7) is 4.98. The van der Waals surface area contributed by atoms with Crippen molar-refractivity contribution in [3.05, 3.63) is 29.0 Å². The van der Waals surface area contributed by atoms with E-state index in [4.69, 9.17) is 16.9 Å². The molecule has 1 heterocycles. The second-order valence-corrected chi connectivity index (χ2v) is 8.24. The summed E-state index contributed by atoms with van der Waals surface area (Å²) in [7, 11) is 0. The highest BCUT2D eigenvalue weighted by Gasteiger charge is 2.24. The van der Waals surface area contributed by atoms with Crippen LogP contribution in [-0.4, -0.2) is 49.6 Å². The third kappa shape index (κ3) is 5.83. The number of rotatable bonds is 6. The van der Waals surface area contributed by atoms with Crippen LogP contribution in [0, 0.1) is 23.1 Å². The average molecular weight is 407 g/mol. The van der Waals surface area contributed by atoms with E-state index in [0.717, 1.165) is 70.0 Å². The lowest BCUT2D eigenvalue weighted by Crippen LogP contribution is -2.47. The molecule has 3 rings (SSSR count). The first-order valence-corrected chi connectivity index (χ1v) is 10.5. The van der Waals surface area contributed by atoms with Gasteiger partial charge in [0.25, 0.3) is 0 Å². The predicted octanol–water partition coefficient (Wildman–Crippen LogP) is 3.58. The summed E-state index contributed by atoms with van der Waals surface area (Å²) < 4.78 is 13.3. The van der Waals surface area contributed by atoms with Crippen LogP contribution in [-0.2, 0) is 4.79 Å². The van der Waals surface area contributed by atoms with Crippen LogP contribution in [0.1, 0.15) is 38.5 Å². The van der Waals surface area contributed by atoms with Crippen LogP contribution < -0.4 is 10.2 Å². The Balaban J connectivity index is 1.34. The van der Waals surface area contributed by atoms with Crippen molar-refractivity contribution in [3.8, 4) is 6.07 Å². The summed E-state index contributed by atoms with van der Waals surface area (Å²) in [5.74, 6) is 0.202. The number of benzene rings is 1. The van der Waals surface area contributed by atoms with Gasteiger partial charge in [0.1, 0.15) is 12.2 Å². The molecular weight excluding hydrogens is 379 g/mol. The van der Waals surface area contributed by atoms with Gasteiger partial charge in [-0.15, -0.1) is 0 Å². The zero-order valence-corrected chi connectivity index (χ0v) is 16.9. The molecule has 1 aromatic rings. The molecule has 1 aliphatic carbocycles. The lowest BCUT2D eigenvalue weighted by Gasteiger charge is -2.37. The minimum atomic E-state index is -0.372. The molecule has 0 atom stereocenters. The predicted molar refractivity (Wildman–Crippen MR) is 109 cm³/mol. The van der Waals surface area contributed by atoms with Crippen molar-refractivity contribution in [2.75, 3.05) is 37.6 Å². The first kappa shape index (κ1) is 20.9. The van der Waals surface area contributed by atoms with Gasteiger partial charge in [-0.3, -0.25) is 9.69 Å². The van der Waals surface area contributed by atoms with Crippen LogP contribution in [0.3, 0.4) is 0 Å². The Morgan fingerprint density at radius 2 is 1.93 bits per heavy atom. The molecule has 2 aliphatic rings. The average Bonchev–Trinajstić information content (AvgIpc) is 2.70. The number of carbonyl (C=O) groups is 1. The molecule has 0 aromatic heterocycles. The van der Waals surface area contributed by atoms with Gasteiger partial charge in [-0.1, -0.05) is 11.6 Å². The van der Waals surface area contributed by atoms with Gasteiger partial charge < -0.3 is 10.2 Å². The van der Waals surface area contributed by atoms with E-state index in [1.54, 1.807) is 12.1 Å². The van der Waals surface area contributed by atoms with Crippen molar-refractivity contribution in [3.63, 3.8) is 0 Å². The summed E-state index contributed by atoms with van der Waals surface area (Å²) >= 11 is 5.90. The van der Waals surface area contributed by atoms with E-state index in [-0.39, 0.29) is 29.2 Å². The zero-order valence-electron chi connectivity index (χ0n) is 16.2. The number of piperazine rings is 1. The standard InChI is InChI=1S/C21H28ClFN4O/c22-19-15-18(5-6-20(19)23)27-13-11-26(12-14-27)10-8-16-1-3-17(4-2-16)25-21(28)7-9-24/h5-6,15-17H,1-4,7-8,10-14H2,(H,25,28)/t16-,17-. The number of nitrogens with one attached hydrogen (secondary N) is 1. The fourth-order valence-electron chi connectivity index (χ4n) is 4.22. The zero-order chi connectivity index (χ0) is 19.9. The van der Waals surface area contributed by atoms with Crippen molar-refractivity contribution < 1.29 is 9.18 Å². The van der Waals surface area contributed by atoms with Crippen LogP contribution in [0.5, 0.6) is 0 Å². The topological polar surface area (TPSA) is 59.4 Å². The van der Waals surface area contributed by atoms with Gasteiger partial charge in [-0.25, -0.2) is 4.39 Å². The SMILES string of the molecule is N#CCC(=O)N[C@H]1CC[C@H](CCN2CCN(c3ccc(F)c(Cl)c3)CC2)CC1. The lowest BCUT2D eigenvalue weighted by molar-refractivity contribution is -0.121. The monoisotopic (exact) mass is 406 g/mol. The molecule has 2 fully saturated rings. The Hall–Kier alpha value is -1.84. The van der Waals surface area contributed by atoms with E-state index in [1.807, 2.05) is 6.07 Å². The number of nitriles is 1. The first-order valence-electron chi connectivity index (χ1n) is 10.1. The Kier molecular flexibility index (Phi) is 7.52. The van der Waals surface area contributed by atoms with Crippen LogP contribution in [0.2, 0.25) is 5.02 Å². The third-order valence-corrected chi connectivity index (χ3v) is 6.24. The smallest absolute Gasteiger partial charge is 0.234 e. The molecule has 152 valence electrons. The quantitative estimate of drug-likeness (QED) is 0.784. The van der Waals surface area contributed by atoms with Gasteiger partial charge >= 0.3 is 0 Å². The maximum absolute atomic E-state index is 13.3. The second kappa shape index (κ2) is 10.1. The normalized spacial score (nSPS) is 23.2. The van der Waals surface area contributed by atoms with Crippen molar-refractivity contribution in [2.24, 2.45) is 5.92 Å². The number of carbonyl (C=O) groups excluding carboxylic acids is 1. The molecule has 5 nitrogen and oxygen atoms in total. The minimum absolute atomic E-state index is 0.0456. The molecule has 1 N–H and O–H groups in total. The van der Waals surface area contributed by atoms with Crippen molar-refractivity contribution >= 4 is 23.2 Å². The Labute approximate surface area is 171 Å². The van der Waals surface area contributed by atoms with Crippen LogP contribution in [0.15, 0.2) is 18.2 Å². The molecule has 0 radical (unpaired) electrons. The van der Waals surface area contributed by atoms with Crippen LogP contribution >= 0.6 is 11.6 Å². The molecule has 1 saturated carbocycles. The maximum atomic E-state index is 13.3. The van der Waals surface area contributed by atoms with Gasteiger partial charge in [0.2, 0.25) is 5.91 Å². The number of nitrogens with zero attached hydrogens (tertiary/aromatic N) is 3. The highest BCUT2D eigenvalue weighted by molar-refractivity contribution is 6.31. The summed E-state index contributed by atoms with van der Waals surface area (Å²) in [6, 6.07) is 7.07. The highest BCUT2D eigenvalue weighted by Crippen LogP contribution is 2.28. The molecule has 0 spiro atoms. The lowest BCUT2D eigenvalue weighted by atomic mass is 9.84. The number of amides is 1. The minimum Gasteiger partial charge on any atom is -0.369 e. The van der Waals surface area contributed by atoms with Gasteiger partial charge in [0, 0.05) is 37.9 Å². The summed E-state index contributed by atoms with van der Waals surface area (Å²) in [4.78, 5) is 16.3. The molecule has 28 heavy (non-hydrogen) atoms. The molecule has 1 saturated heterocycles. The van der Waals surface area contributed by atoms with Gasteiger partial charge in [-0.2, -0.15) is 5.26 Å². The summed E-state index contributed by atoms with van der Waals surface area (Å²) in [5.41, 5.74) is 0.989. The third-order valence-electron chi connectivity index (χ3n) is 5.95. The van der Waals surface area contributed by atoms with E-state index in [2.05, 4.69) is 15.1 Å². The number of hydrogen-bond donors (Lipinski definition) is 1. The largest absolute Gasteiger partial charge is 0.369 e. The van der Waals surface area contributed by atoms with E-state index in [1.165, 1.54) is 12.5 Å². The van der Waals surface area contributed by atoms with E-state index in [0.29, 0.717) is 0 Å². The molecule has 0 bridgehead atoms. The van der Waals surface area contributed by atoms with E-state index in [9.17, 15) is 9.18 Å². The van der Waals surface area contributed by atoms with E-state index < -0.39 is 0 Å². The fraction of sp³-hybridized carbons (Fsp3) is 0.619.